The van der Waals surface area contributed by atoms with E-state index in [1.54, 1.807) is 24.3 Å². The van der Waals surface area contributed by atoms with Gasteiger partial charge in [0, 0.05) is 5.02 Å². The number of nitrogens with one attached hydrogen (secondary N) is 1. The highest BCUT2D eigenvalue weighted by molar-refractivity contribution is 6.31. The fourth-order valence-electron chi connectivity index (χ4n) is 2.37. The lowest BCUT2D eigenvalue weighted by atomic mass is 9.97. The summed E-state index contributed by atoms with van der Waals surface area (Å²) in [6, 6.07) is 6.29. The van der Waals surface area contributed by atoms with E-state index < -0.39 is 5.54 Å². The predicted molar refractivity (Wildman–Crippen MR) is 68.6 cm³/mol. The van der Waals surface area contributed by atoms with Crippen LogP contribution >= 0.6 is 11.6 Å². The third-order valence-electron chi connectivity index (χ3n) is 3.35. The molecule has 0 aromatic heterocycles. The van der Waals surface area contributed by atoms with Gasteiger partial charge in [0.25, 0.3) is 5.91 Å². The van der Waals surface area contributed by atoms with Gasteiger partial charge < -0.3 is 5.32 Å². The molecule has 0 saturated carbocycles. The zero-order valence-electron chi connectivity index (χ0n) is 9.52. The Bertz CT molecular complexity index is 543. The van der Waals surface area contributed by atoms with E-state index in [9.17, 15) is 9.59 Å². The number of halogens is 1. The van der Waals surface area contributed by atoms with Crippen molar-refractivity contribution in [2.24, 2.45) is 0 Å². The summed E-state index contributed by atoms with van der Waals surface area (Å²) in [6.07, 6.45) is 4.95. The molecule has 1 aromatic rings. The third-order valence-corrected chi connectivity index (χ3v) is 3.60. The first-order valence-electron chi connectivity index (χ1n) is 5.70. The molecule has 1 N–H and O–H groups in total. The van der Waals surface area contributed by atoms with E-state index >= 15 is 0 Å². The Morgan fingerprint density at radius 1 is 1.11 bits per heavy atom. The zero-order valence-corrected chi connectivity index (χ0v) is 10.3. The molecule has 0 bridgehead atoms. The number of rotatable bonds is 1. The van der Waals surface area contributed by atoms with Crippen LogP contribution in [0.4, 0.5) is 10.5 Å². The molecular formula is C13H11ClN2O2. The molecule has 0 unspecified atom stereocenters. The van der Waals surface area contributed by atoms with E-state index in [0.29, 0.717) is 23.6 Å². The number of imide groups is 1. The normalized spacial score (nSPS) is 20.8. The molecule has 1 aliphatic carbocycles. The first-order chi connectivity index (χ1) is 8.62. The highest BCUT2D eigenvalue weighted by Gasteiger charge is 2.51. The van der Waals surface area contributed by atoms with E-state index in [4.69, 9.17) is 11.6 Å². The van der Waals surface area contributed by atoms with Crippen molar-refractivity contribution in [3.8, 4) is 0 Å². The molecule has 0 radical (unpaired) electrons. The second kappa shape index (κ2) is 3.85. The van der Waals surface area contributed by atoms with E-state index in [2.05, 4.69) is 5.32 Å². The molecule has 1 saturated heterocycles. The molecule has 4 nitrogen and oxygen atoms in total. The summed E-state index contributed by atoms with van der Waals surface area (Å²) in [4.78, 5) is 25.5. The van der Waals surface area contributed by atoms with Gasteiger partial charge in [0.15, 0.2) is 0 Å². The SMILES string of the molecule is O=C1NC2(CC=CC2)C(=O)N1c1ccc(Cl)cc1. The summed E-state index contributed by atoms with van der Waals surface area (Å²) in [6.45, 7) is 0. The number of hydrogen-bond donors (Lipinski definition) is 1. The first kappa shape index (κ1) is 11.3. The van der Waals surface area contributed by atoms with Crippen LogP contribution < -0.4 is 10.2 Å². The van der Waals surface area contributed by atoms with Gasteiger partial charge in [-0.05, 0) is 37.1 Å². The molecule has 1 heterocycles. The molecule has 92 valence electrons. The van der Waals surface area contributed by atoms with Crippen LogP contribution in [0.15, 0.2) is 36.4 Å². The van der Waals surface area contributed by atoms with Crippen LogP contribution in [0.2, 0.25) is 5.02 Å². The minimum Gasteiger partial charge on any atom is -0.322 e. The molecule has 3 rings (SSSR count). The van der Waals surface area contributed by atoms with Crippen molar-refractivity contribution in [2.45, 2.75) is 18.4 Å². The van der Waals surface area contributed by atoms with E-state index in [1.807, 2.05) is 12.2 Å². The molecular weight excluding hydrogens is 252 g/mol. The first-order valence-corrected chi connectivity index (χ1v) is 6.07. The Morgan fingerprint density at radius 2 is 1.72 bits per heavy atom. The fourth-order valence-corrected chi connectivity index (χ4v) is 2.50. The van der Waals surface area contributed by atoms with Crippen LogP contribution in [0.1, 0.15) is 12.8 Å². The van der Waals surface area contributed by atoms with Gasteiger partial charge in [0.1, 0.15) is 5.54 Å². The number of amides is 3. The predicted octanol–water partition coefficient (Wildman–Crippen LogP) is 2.49. The minimum absolute atomic E-state index is 0.195. The average Bonchev–Trinajstić information content (AvgIpc) is 2.89. The maximum absolute atomic E-state index is 12.4. The Kier molecular flexibility index (Phi) is 2.41. The van der Waals surface area contributed by atoms with Gasteiger partial charge in [0.2, 0.25) is 0 Å². The second-order valence-corrected chi connectivity index (χ2v) is 4.95. The molecule has 1 spiro atoms. The van der Waals surface area contributed by atoms with Crippen LogP contribution in [0.5, 0.6) is 0 Å². The van der Waals surface area contributed by atoms with Gasteiger partial charge in [0.05, 0.1) is 5.69 Å². The molecule has 1 fully saturated rings. The van der Waals surface area contributed by atoms with Crippen molar-refractivity contribution in [3.05, 3.63) is 41.4 Å². The van der Waals surface area contributed by atoms with E-state index in [1.165, 1.54) is 4.90 Å². The van der Waals surface area contributed by atoms with Crippen molar-refractivity contribution in [1.29, 1.82) is 0 Å². The fraction of sp³-hybridized carbons (Fsp3) is 0.231. The van der Waals surface area contributed by atoms with Crippen LogP contribution in [-0.2, 0) is 4.79 Å². The highest BCUT2D eigenvalue weighted by Crippen LogP contribution is 2.33. The number of carbonyl (C=O) groups excluding carboxylic acids is 2. The van der Waals surface area contributed by atoms with Crippen molar-refractivity contribution in [1.82, 2.24) is 5.32 Å². The van der Waals surface area contributed by atoms with Crippen molar-refractivity contribution >= 4 is 29.2 Å². The van der Waals surface area contributed by atoms with Crippen LogP contribution in [0.3, 0.4) is 0 Å². The molecule has 2 aliphatic rings. The Labute approximate surface area is 109 Å². The standard InChI is InChI=1S/C13H11ClN2O2/c14-9-3-5-10(6-4-9)16-11(17)13(15-12(16)18)7-1-2-8-13/h1-6H,7-8H2,(H,15,18). The topological polar surface area (TPSA) is 49.4 Å². The molecule has 5 heteroatoms. The Hall–Kier alpha value is -1.81. The Morgan fingerprint density at radius 3 is 2.33 bits per heavy atom. The van der Waals surface area contributed by atoms with Gasteiger partial charge in [-0.2, -0.15) is 0 Å². The number of hydrogen-bond acceptors (Lipinski definition) is 2. The maximum atomic E-state index is 12.4. The quantitative estimate of drug-likeness (QED) is 0.624. The van der Waals surface area contributed by atoms with Crippen LogP contribution in [0, 0.1) is 0 Å². The molecule has 18 heavy (non-hydrogen) atoms. The smallest absolute Gasteiger partial charge is 0.322 e. The largest absolute Gasteiger partial charge is 0.329 e. The van der Waals surface area contributed by atoms with Gasteiger partial charge in [-0.25, -0.2) is 9.69 Å². The van der Waals surface area contributed by atoms with Crippen LogP contribution in [0.25, 0.3) is 0 Å². The third kappa shape index (κ3) is 1.53. The number of benzene rings is 1. The Balaban J connectivity index is 1.96. The number of anilines is 1. The lowest BCUT2D eigenvalue weighted by Crippen LogP contribution is -2.44. The minimum atomic E-state index is -0.767. The van der Waals surface area contributed by atoms with Crippen molar-refractivity contribution < 1.29 is 9.59 Å². The lowest BCUT2D eigenvalue weighted by molar-refractivity contribution is -0.121. The summed E-state index contributed by atoms with van der Waals surface area (Å²) in [5, 5.41) is 3.36. The number of nitrogens with zero attached hydrogens (tertiary/aromatic N) is 1. The molecule has 3 amide bonds. The van der Waals surface area contributed by atoms with Gasteiger partial charge in [-0.3, -0.25) is 4.79 Å². The van der Waals surface area contributed by atoms with Crippen molar-refractivity contribution in [3.63, 3.8) is 0 Å². The highest BCUT2D eigenvalue weighted by atomic mass is 35.5. The molecule has 1 aliphatic heterocycles. The number of carbonyl (C=O) groups is 2. The van der Waals surface area contributed by atoms with E-state index in [-0.39, 0.29) is 11.9 Å². The molecule has 1 aromatic carbocycles. The summed E-state index contributed by atoms with van der Waals surface area (Å²) < 4.78 is 0. The van der Waals surface area contributed by atoms with Crippen molar-refractivity contribution in [2.75, 3.05) is 4.90 Å². The zero-order chi connectivity index (χ0) is 12.8. The maximum Gasteiger partial charge on any atom is 0.329 e. The summed E-state index contributed by atoms with van der Waals surface area (Å²) in [7, 11) is 0. The van der Waals surface area contributed by atoms with Gasteiger partial charge >= 0.3 is 6.03 Å². The number of urea groups is 1. The van der Waals surface area contributed by atoms with E-state index in [0.717, 1.165) is 0 Å². The van der Waals surface area contributed by atoms with Gasteiger partial charge in [-0.15, -0.1) is 0 Å². The summed E-state index contributed by atoms with van der Waals surface area (Å²) in [5.41, 5.74) is -0.220. The monoisotopic (exact) mass is 262 g/mol. The van der Waals surface area contributed by atoms with Crippen LogP contribution in [-0.4, -0.2) is 17.5 Å². The lowest BCUT2D eigenvalue weighted by Gasteiger charge is -2.20. The summed E-state index contributed by atoms with van der Waals surface area (Å²) >= 11 is 5.80. The summed E-state index contributed by atoms with van der Waals surface area (Å²) in [5.74, 6) is -0.195. The molecule has 0 atom stereocenters. The second-order valence-electron chi connectivity index (χ2n) is 4.51. The van der Waals surface area contributed by atoms with Gasteiger partial charge in [-0.1, -0.05) is 23.8 Å². The average molecular weight is 263 g/mol.